The van der Waals surface area contributed by atoms with E-state index in [1.54, 1.807) is 7.05 Å². The first-order chi connectivity index (χ1) is 9.19. The highest BCUT2D eigenvalue weighted by Crippen LogP contribution is 2.14. The highest BCUT2D eigenvalue weighted by molar-refractivity contribution is 6.31. The Bertz CT molecular complexity index is 429. The number of halogens is 1. The zero-order valence-corrected chi connectivity index (χ0v) is 12.5. The first kappa shape index (κ1) is 15.6. The Labute approximate surface area is 121 Å². The molecular formula is C15H22ClN3. The van der Waals surface area contributed by atoms with Crippen molar-refractivity contribution in [3.8, 4) is 0 Å². The average molecular weight is 280 g/mol. The van der Waals surface area contributed by atoms with Crippen LogP contribution >= 0.6 is 11.6 Å². The predicted molar refractivity (Wildman–Crippen MR) is 83.7 cm³/mol. The third kappa shape index (κ3) is 5.35. The van der Waals surface area contributed by atoms with Crippen molar-refractivity contribution in [1.82, 2.24) is 10.2 Å². The fourth-order valence-electron chi connectivity index (χ4n) is 1.78. The van der Waals surface area contributed by atoms with E-state index in [1.807, 2.05) is 37.4 Å². The van der Waals surface area contributed by atoms with Gasteiger partial charge in [-0.15, -0.1) is 6.58 Å². The van der Waals surface area contributed by atoms with E-state index in [9.17, 15) is 0 Å². The van der Waals surface area contributed by atoms with Crippen LogP contribution in [0.3, 0.4) is 0 Å². The van der Waals surface area contributed by atoms with Gasteiger partial charge in [0.1, 0.15) is 0 Å². The Balaban J connectivity index is 2.49. The molecule has 4 heteroatoms. The van der Waals surface area contributed by atoms with Crippen molar-refractivity contribution in [3.05, 3.63) is 47.5 Å². The fourth-order valence-corrected chi connectivity index (χ4v) is 1.98. The first-order valence-corrected chi connectivity index (χ1v) is 6.83. The molecule has 104 valence electrons. The molecule has 0 saturated carbocycles. The van der Waals surface area contributed by atoms with Crippen molar-refractivity contribution in [1.29, 1.82) is 0 Å². The van der Waals surface area contributed by atoms with Crippen molar-refractivity contribution >= 4 is 17.6 Å². The topological polar surface area (TPSA) is 27.6 Å². The second-order valence-electron chi connectivity index (χ2n) is 4.34. The van der Waals surface area contributed by atoms with E-state index in [-0.39, 0.29) is 0 Å². The molecule has 0 heterocycles. The van der Waals surface area contributed by atoms with Crippen LogP contribution in [0, 0.1) is 0 Å². The zero-order chi connectivity index (χ0) is 14.1. The minimum Gasteiger partial charge on any atom is -0.352 e. The summed E-state index contributed by atoms with van der Waals surface area (Å²) < 4.78 is 0. The highest BCUT2D eigenvalue weighted by Gasteiger charge is 2.06. The molecule has 0 amide bonds. The average Bonchev–Trinajstić information content (AvgIpc) is 2.41. The van der Waals surface area contributed by atoms with Gasteiger partial charge in [-0.25, -0.2) is 0 Å². The van der Waals surface area contributed by atoms with Crippen LogP contribution in [0.5, 0.6) is 0 Å². The standard InChI is InChI=1S/C15H22ClN3/c1-4-5-8-11-19(3)15(17-2)18-12-13-9-6-7-10-14(13)16/h4,6-7,9-10H,1,5,8,11-12H2,2-3H3,(H,17,18). The van der Waals surface area contributed by atoms with Gasteiger partial charge in [0.15, 0.2) is 5.96 Å². The Morgan fingerprint density at radius 1 is 1.47 bits per heavy atom. The SMILES string of the molecule is C=CCCCN(C)C(=NC)NCc1ccccc1Cl. The van der Waals surface area contributed by atoms with Gasteiger partial charge in [0.05, 0.1) is 0 Å². The third-order valence-corrected chi connectivity index (χ3v) is 3.24. The maximum absolute atomic E-state index is 6.13. The van der Waals surface area contributed by atoms with Crippen molar-refractivity contribution < 1.29 is 0 Å². The number of aliphatic imine (C=N–C) groups is 1. The van der Waals surface area contributed by atoms with Gasteiger partial charge in [-0.05, 0) is 24.5 Å². The van der Waals surface area contributed by atoms with Gasteiger partial charge in [0.2, 0.25) is 0 Å². The lowest BCUT2D eigenvalue weighted by molar-refractivity contribution is 0.470. The van der Waals surface area contributed by atoms with E-state index < -0.39 is 0 Å². The molecule has 1 aromatic carbocycles. The molecular weight excluding hydrogens is 258 g/mol. The van der Waals surface area contributed by atoms with Crippen molar-refractivity contribution in [3.63, 3.8) is 0 Å². The quantitative estimate of drug-likeness (QED) is 0.374. The van der Waals surface area contributed by atoms with Gasteiger partial charge in [-0.3, -0.25) is 4.99 Å². The Kier molecular flexibility index (Phi) is 7.04. The van der Waals surface area contributed by atoms with Crippen LogP contribution < -0.4 is 5.32 Å². The van der Waals surface area contributed by atoms with Crippen LogP contribution in [0.15, 0.2) is 41.9 Å². The van der Waals surface area contributed by atoms with E-state index in [1.165, 1.54) is 0 Å². The number of rotatable bonds is 6. The van der Waals surface area contributed by atoms with Crippen molar-refractivity contribution in [2.24, 2.45) is 4.99 Å². The molecule has 0 aromatic heterocycles. The van der Waals surface area contributed by atoms with Gasteiger partial charge < -0.3 is 10.2 Å². The largest absolute Gasteiger partial charge is 0.352 e. The Hall–Kier alpha value is -1.48. The maximum Gasteiger partial charge on any atom is 0.193 e. The highest BCUT2D eigenvalue weighted by atomic mass is 35.5. The van der Waals surface area contributed by atoms with E-state index in [0.717, 1.165) is 35.9 Å². The van der Waals surface area contributed by atoms with Crippen molar-refractivity contribution in [2.45, 2.75) is 19.4 Å². The number of guanidine groups is 1. The molecule has 1 rings (SSSR count). The van der Waals surface area contributed by atoms with Crippen LogP contribution in [-0.4, -0.2) is 31.5 Å². The number of unbranched alkanes of at least 4 members (excludes halogenated alkanes) is 1. The van der Waals surface area contributed by atoms with E-state index >= 15 is 0 Å². The molecule has 1 N–H and O–H groups in total. The molecule has 0 saturated heterocycles. The molecule has 0 unspecified atom stereocenters. The lowest BCUT2D eigenvalue weighted by atomic mass is 10.2. The summed E-state index contributed by atoms with van der Waals surface area (Å²) in [6.07, 6.45) is 4.03. The number of benzene rings is 1. The molecule has 0 spiro atoms. The number of hydrogen-bond acceptors (Lipinski definition) is 1. The van der Waals surface area contributed by atoms with Gasteiger partial charge in [0.25, 0.3) is 0 Å². The predicted octanol–water partition coefficient (Wildman–Crippen LogP) is 3.31. The maximum atomic E-state index is 6.13. The molecule has 1 aromatic rings. The zero-order valence-electron chi connectivity index (χ0n) is 11.7. The molecule has 19 heavy (non-hydrogen) atoms. The summed E-state index contributed by atoms with van der Waals surface area (Å²) in [7, 11) is 3.82. The molecule has 0 radical (unpaired) electrons. The third-order valence-electron chi connectivity index (χ3n) is 2.87. The van der Waals surface area contributed by atoms with Crippen LogP contribution in [-0.2, 0) is 6.54 Å². The molecule has 3 nitrogen and oxygen atoms in total. The number of hydrogen-bond donors (Lipinski definition) is 1. The molecule has 0 fully saturated rings. The first-order valence-electron chi connectivity index (χ1n) is 6.45. The summed E-state index contributed by atoms with van der Waals surface area (Å²) in [6.45, 7) is 5.36. The second kappa shape index (κ2) is 8.59. The molecule has 0 atom stereocenters. The summed E-state index contributed by atoms with van der Waals surface area (Å²) in [5, 5.41) is 4.10. The molecule has 0 aliphatic rings. The van der Waals surface area contributed by atoms with E-state index in [0.29, 0.717) is 6.54 Å². The smallest absolute Gasteiger partial charge is 0.193 e. The van der Waals surface area contributed by atoms with Gasteiger partial charge in [-0.1, -0.05) is 35.9 Å². The summed E-state index contributed by atoms with van der Waals surface area (Å²) in [5.74, 6) is 0.879. The minimum absolute atomic E-state index is 0.679. The van der Waals surface area contributed by atoms with E-state index in [2.05, 4.69) is 21.8 Å². The van der Waals surface area contributed by atoms with Gasteiger partial charge in [0, 0.05) is 32.2 Å². The van der Waals surface area contributed by atoms with Crippen LogP contribution in [0.2, 0.25) is 5.02 Å². The minimum atomic E-state index is 0.679. The summed E-state index contributed by atoms with van der Waals surface area (Å²) in [5.41, 5.74) is 1.07. The normalized spacial score (nSPS) is 11.2. The van der Waals surface area contributed by atoms with Crippen molar-refractivity contribution in [2.75, 3.05) is 20.6 Å². The van der Waals surface area contributed by atoms with E-state index in [4.69, 9.17) is 11.6 Å². The summed E-state index contributed by atoms with van der Waals surface area (Å²) in [6, 6.07) is 7.83. The monoisotopic (exact) mass is 279 g/mol. The summed E-state index contributed by atoms with van der Waals surface area (Å²) in [4.78, 5) is 6.39. The Morgan fingerprint density at radius 3 is 2.84 bits per heavy atom. The number of nitrogens with zero attached hydrogens (tertiary/aromatic N) is 2. The van der Waals surface area contributed by atoms with Gasteiger partial charge in [-0.2, -0.15) is 0 Å². The van der Waals surface area contributed by atoms with Crippen LogP contribution in [0.4, 0.5) is 0 Å². The Morgan fingerprint density at radius 2 is 2.21 bits per heavy atom. The number of nitrogens with one attached hydrogen (secondary N) is 1. The molecule has 0 bridgehead atoms. The van der Waals surface area contributed by atoms with Gasteiger partial charge >= 0.3 is 0 Å². The number of allylic oxidation sites excluding steroid dienone is 1. The second-order valence-corrected chi connectivity index (χ2v) is 4.75. The molecule has 0 aliphatic heterocycles. The van der Waals surface area contributed by atoms with Crippen LogP contribution in [0.25, 0.3) is 0 Å². The lowest BCUT2D eigenvalue weighted by Crippen LogP contribution is -2.39. The lowest BCUT2D eigenvalue weighted by Gasteiger charge is -2.22. The van der Waals surface area contributed by atoms with Crippen LogP contribution in [0.1, 0.15) is 18.4 Å². The fraction of sp³-hybridized carbons (Fsp3) is 0.400. The molecule has 0 aliphatic carbocycles. The summed E-state index contributed by atoms with van der Waals surface area (Å²) >= 11 is 6.13.